The third-order valence-corrected chi connectivity index (χ3v) is 3.24. The number of carbonyl (C=O) groups is 2. The summed E-state index contributed by atoms with van der Waals surface area (Å²) in [7, 11) is 0. The first kappa shape index (κ1) is 17.0. The van der Waals surface area contributed by atoms with Crippen LogP contribution in [0.4, 0.5) is 5.69 Å². The van der Waals surface area contributed by atoms with Gasteiger partial charge in [-0.3, -0.25) is 4.79 Å². The van der Waals surface area contributed by atoms with Crippen molar-refractivity contribution in [1.29, 1.82) is 0 Å². The molecule has 0 bridgehead atoms. The fourth-order valence-electron chi connectivity index (χ4n) is 2.24. The minimum atomic E-state index is -0.886. The maximum atomic E-state index is 11.5. The lowest BCUT2D eigenvalue weighted by Gasteiger charge is -2.30. The molecule has 1 N–H and O–H groups in total. The Labute approximate surface area is 125 Å². The lowest BCUT2D eigenvalue weighted by Crippen LogP contribution is -2.42. The van der Waals surface area contributed by atoms with Crippen molar-refractivity contribution in [1.82, 2.24) is 0 Å². The van der Waals surface area contributed by atoms with Crippen LogP contribution in [0.2, 0.25) is 0 Å². The molecule has 116 valence electrons. The van der Waals surface area contributed by atoms with Gasteiger partial charge in [0.15, 0.2) is 0 Å². The molecule has 0 aliphatic heterocycles. The number of rotatable bonds is 8. The second-order valence-corrected chi connectivity index (χ2v) is 4.85. The normalized spacial score (nSPS) is 11.8. The molecule has 0 aliphatic carbocycles. The van der Waals surface area contributed by atoms with Gasteiger partial charge in [-0.1, -0.05) is 19.1 Å². The summed E-state index contributed by atoms with van der Waals surface area (Å²) in [6.45, 7) is 6.19. The van der Waals surface area contributed by atoms with Crippen LogP contribution in [-0.4, -0.2) is 36.2 Å². The zero-order valence-corrected chi connectivity index (χ0v) is 12.8. The van der Waals surface area contributed by atoms with Gasteiger partial charge in [0.2, 0.25) is 0 Å². The summed E-state index contributed by atoms with van der Waals surface area (Å²) >= 11 is 0. The van der Waals surface area contributed by atoms with E-state index in [4.69, 9.17) is 4.74 Å². The fourth-order valence-corrected chi connectivity index (χ4v) is 2.24. The zero-order chi connectivity index (χ0) is 15.8. The van der Waals surface area contributed by atoms with E-state index in [0.29, 0.717) is 19.6 Å². The van der Waals surface area contributed by atoms with Crippen molar-refractivity contribution in [3.63, 3.8) is 0 Å². The van der Waals surface area contributed by atoms with Crippen LogP contribution in [0.5, 0.6) is 0 Å². The molecule has 0 saturated carbocycles. The number of aliphatic carboxylic acids is 1. The third-order valence-electron chi connectivity index (χ3n) is 3.24. The molecule has 1 rings (SSSR count). The minimum Gasteiger partial charge on any atom is -0.480 e. The van der Waals surface area contributed by atoms with Gasteiger partial charge in [-0.25, -0.2) is 4.79 Å². The lowest BCUT2D eigenvalue weighted by molar-refractivity contribution is -0.143. The number of aryl methyl sites for hydroxylation is 1. The number of hydrogen-bond acceptors (Lipinski definition) is 4. The highest BCUT2D eigenvalue weighted by atomic mass is 16.5. The Balaban J connectivity index is 2.94. The van der Waals surface area contributed by atoms with Crippen LogP contribution < -0.4 is 4.90 Å². The smallest absolute Gasteiger partial charge is 0.326 e. The maximum absolute atomic E-state index is 11.5. The summed E-state index contributed by atoms with van der Waals surface area (Å²) in [6, 6.07) is 6.98. The topological polar surface area (TPSA) is 66.8 Å². The Morgan fingerprint density at radius 2 is 2.05 bits per heavy atom. The van der Waals surface area contributed by atoms with Crippen LogP contribution in [-0.2, 0) is 14.3 Å². The van der Waals surface area contributed by atoms with Gasteiger partial charge in [-0.15, -0.1) is 0 Å². The molecule has 1 aromatic rings. The van der Waals surface area contributed by atoms with E-state index in [2.05, 4.69) is 0 Å². The van der Waals surface area contributed by atoms with Crippen molar-refractivity contribution in [3.8, 4) is 0 Å². The summed E-state index contributed by atoms with van der Waals surface area (Å²) in [6.07, 6.45) is 0.637. The van der Waals surface area contributed by atoms with Gasteiger partial charge in [0.25, 0.3) is 0 Å². The molecule has 21 heavy (non-hydrogen) atoms. The first-order chi connectivity index (χ1) is 9.99. The van der Waals surface area contributed by atoms with Crippen LogP contribution in [0.3, 0.4) is 0 Å². The number of ether oxygens (including phenoxy) is 1. The van der Waals surface area contributed by atoms with Crippen LogP contribution in [0.25, 0.3) is 0 Å². The van der Waals surface area contributed by atoms with Crippen molar-refractivity contribution in [2.75, 3.05) is 18.1 Å². The first-order valence-corrected chi connectivity index (χ1v) is 7.21. The molecule has 0 aromatic heterocycles. The molecule has 1 aromatic carbocycles. The molecule has 0 fully saturated rings. The van der Waals surface area contributed by atoms with Crippen LogP contribution in [0, 0.1) is 6.92 Å². The van der Waals surface area contributed by atoms with E-state index in [1.807, 2.05) is 38.1 Å². The summed E-state index contributed by atoms with van der Waals surface area (Å²) in [5.74, 6) is -1.20. The van der Waals surface area contributed by atoms with Gasteiger partial charge >= 0.3 is 11.9 Å². The number of anilines is 1. The Kier molecular flexibility index (Phi) is 6.72. The van der Waals surface area contributed by atoms with E-state index in [1.165, 1.54) is 0 Å². The molecule has 0 radical (unpaired) electrons. The Morgan fingerprint density at radius 1 is 1.33 bits per heavy atom. The standard InChI is InChI=1S/C16H23NO4/c1-4-14(16(19)20)17(10-9-15(18)21-5-2)13-8-6-7-12(3)11-13/h6-8,11,14H,4-5,9-10H2,1-3H3,(H,19,20). The maximum Gasteiger partial charge on any atom is 0.326 e. The van der Waals surface area contributed by atoms with E-state index in [-0.39, 0.29) is 12.4 Å². The second kappa shape index (κ2) is 8.29. The van der Waals surface area contributed by atoms with E-state index in [1.54, 1.807) is 11.8 Å². The SMILES string of the molecule is CCOC(=O)CCN(c1cccc(C)c1)C(CC)C(=O)O. The van der Waals surface area contributed by atoms with Crippen LogP contribution in [0.15, 0.2) is 24.3 Å². The highest BCUT2D eigenvalue weighted by Crippen LogP contribution is 2.21. The summed E-state index contributed by atoms with van der Waals surface area (Å²) in [5.41, 5.74) is 1.86. The predicted molar refractivity (Wildman–Crippen MR) is 81.5 cm³/mol. The van der Waals surface area contributed by atoms with Gasteiger partial charge in [-0.05, 0) is 38.0 Å². The number of carboxylic acid groups (broad SMARTS) is 1. The Morgan fingerprint density at radius 3 is 2.57 bits per heavy atom. The molecular formula is C16H23NO4. The first-order valence-electron chi connectivity index (χ1n) is 7.21. The van der Waals surface area contributed by atoms with E-state index >= 15 is 0 Å². The molecule has 5 heteroatoms. The molecular weight excluding hydrogens is 270 g/mol. The molecule has 5 nitrogen and oxygen atoms in total. The quantitative estimate of drug-likeness (QED) is 0.746. The summed E-state index contributed by atoms with van der Waals surface area (Å²) < 4.78 is 4.91. The second-order valence-electron chi connectivity index (χ2n) is 4.85. The third kappa shape index (κ3) is 5.10. The predicted octanol–water partition coefficient (Wildman–Crippen LogP) is 2.62. The van der Waals surface area contributed by atoms with Gasteiger partial charge < -0.3 is 14.7 Å². The van der Waals surface area contributed by atoms with Gasteiger partial charge in [0.1, 0.15) is 6.04 Å². The molecule has 0 heterocycles. The zero-order valence-electron chi connectivity index (χ0n) is 12.8. The number of carbonyl (C=O) groups excluding carboxylic acids is 1. The van der Waals surface area contributed by atoms with Crippen molar-refractivity contribution >= 4 is 17.6 Å². The number of esters is 1. The van der Waals surface area contributed by atoms with Crippen molar-refractivity contribution in [2.45, 2.75) is 39.7 Å². The Bertz CT molecular complexity index is 487. The number of hydrogen-bond donors (Lipinski definition) is 1. The number of carboxylic acids is 1. The van der Waals surface area contributed by atoms with Crippen molar-refractivity contribution in [3.05, 3.63) is 29.8 Å². The highest BCUT2D eigenvalue weighted by molar-refractivity contribution is 5.79. The van der Waals surface area contributed by atoms with E-state index in [0.717, 1.165) is 11.3 Å². The average Bonchev–Trinajstić information content (AvgIpc) is 2.43. The molecule has 0 saturated heterocycles. The average molecular weight is 293 g/mol. The molecule has 1 atom stereocenters. The summed E-state index contributed by atoms with van der Waals surface area (Å²) in [5, 5.41) is 9.39. The lowest BCUT2D eigenvalue weighted by atomic mass is 10.1. The molecule has 0 amide bonds. The minimum absolute atomic E-state index is 0.172. The highest BCUT2D eigenvalue weighted by Gasteiger charge is 2.24. The van der Waals surface area contributed by atoms with E-state index < -0.39 is 12.0 Å². The molecule has 1 unspecified atom stereocenters. The fraction of sp³-hybridized carbons (Fsp3) is 0.500. The van der Waals surface area contributed by atoms with Crippen LogP contribution in [0.1, 0.15) is 32.3 Å². The Hall–Kier alpha value is -2.04. The molecule has 0 aliphatic rings. The number of benzene rings is 1. The number of nitrogens with zero attached hydrogens (tertiary/aromatic N) is 1. The van der Waals surface area contributed by atoms with Gasteiger partial charge in [0.05, 0.1) is 13.0 Å². The summed E-state index contributed by atoms with van der Waals surface area (Å²) in [4.78, 5) is 24.7. The van der Waals surface area contributed by atoms with Gasteiger partial charge in [0, 0.05) is 12.2 Å². The monoisotopic (exact) mass is 293 g/mol. The van der Waals surface area contributed by atoms with Crippen molar-refractivity contribution in [2.24, 2.45) is 0 Å². The largest absolute Gasteiger partial charge is 0.480 e. The van der Waals surface area contributed by atoms with Gasteiger partial charge in [-0.2, -0.15) is 0 Å². The molecule has 0 spiro atoms. The van der Waals surface area contributed by atoms with E-state index in [9.17, 15) is 14.7 Å². The van der Waals surface area contributed by atoms with Crippen LogP contribution >= 0.6 is 0 Å². The van der Waals surface area contributed by atoms with Crippen molar-refractivity contribution < 1.29 is 19.4 Å².